The molecule has 0 amide bonds. The summed E-state index contributed by atoms with van der Waals surface area (Å²) in [6.07, 6.45) is 3.59. The number of nitrogen functional groups attached to an aromatic ring is 1. The van der Waals surface area contributed by atoms with Crippen LogP contribution < -0.4 is 11.1 Å². The minimum atomic E-state index is 0.0176. The Hall–Kier alpha value is -3.34. The van der Waals surface area contributed by atoms with Crippen molar-refractivity contribution in [2.24, 2.45) is 0 Å². The highest BCUT2D eigenvalue weighted by Crippen LogP contribution is 2.40. The van der Waals surface area contributed by atoms with Crippen molar-refractivity contribution in [3.05, 3.63) is 78.2 Å². The molecule has 0 fully saturated rings. The van der Waals surface area contributed by atoms with Gasteiger partial charge in [0.05, 0.1) is 11.6 Å². The van der Waals surface area contributed by atoms with Gasteiger partial charge in [-0.25, -0.2) is 9.50 Å². The third-order valence-electron chi connectivity index (χ3n) is 4.55. The molecule has 0 bridgehead atoms. The quantitative estimate of drug-likeness (QED) is 0.528. The van der Waals surface area contributed by atoms with Crippen LogP contribution in [0.2, 0.25) is 0 Å². The number of hydrogen-bond acceptors (Lipinski definition) is 4. The van der Waals surface area contributed by atoms with Gasteiger partial charge in [-0.2, -0.15) is 5.10 Å². The highest BCUT2D eigenvalue weighted by molar-refractivity contribution is 5.89. The van der Waals surface area contributed by atoms with Crippen LogP contribution in [0.4, 0.5) is 11.4 Å². The van der Waals surface area contributed by atoms with E-state index in [-0.39, 0.29) is 6.04 Å². The predicted octanol–water partition coefficient (Wildman–Crippen LogP) is 3.49. The van der Waals surface area contributed by atoms with Gasteiger partial charge in [-0.15, -0.1) is 0 Å². The van der Waals surface area contributed by atoms with Gasteiger partial charge in [-0.3, -0.25) is 0 Å². The molecular formula is C19H15N5. The van der Waals surface area contributed by atoms with E-state index in [2.05, 4.69) is 45.7 Å². The number of nitrogens with zero attached hydrogens (tertiary/aromatic N) is 3. The van der Waals surface area contributed by atoms with Crippen molar-refractivity contribution >= 4 is 16.9 Å². The first-order valence-corrected chi connectivity index (χ1v) is 7.85. The summed E-state index contributed by atoms with van der Waals surface area (Å²) in [6.45, 7) is 0. The second kappa shape index (κ2) is 4.83. The molecule has 5 heteroatoms. The first-order valence-electron chi connectivity index (χ1n) is 7.85. The molecule has 1 unspecified atom stereocenters. The van der Waals surface area contributed by atoms with Gasteiger partial charge < -0.3 is 11.1 Å². The molecule has 2 aromatic carbocycles. The zero-order chi connectivity index (χ0) is 16.1. The lowest BCUT2D eigenvalue weighted by Gasteiger charge is -2.19. The van der Waals surface area contributed by atoms with E-state index >= 15 is 0 Å². The summed E-state index contributed by atoms with van der Waals surface area (Å²) in [5.41, 5.74) is 13.1. The molecule has 116 valence electrons. The topological polar surface area (TPSA) is 68.2 Å². The second-order valence-corrected chi connectivity index (χ2v) is 5.96. The predicted molar refractivity (Wildman–Crippen MR) is 94.7 cm³/mol. The van der Waals surface area contributed by atoms with Crippen molar-refractivity contribution in [3.63, 3.8) is 0 Å². The van der Waals surface area contributed by atoms with Crippen LogP contribution in [0, 0.1) is 0 Å². The summed E-state index contributed by atoms with van der Waals surface area (Å²) in [4.78, 5) is 4.56. The summed E-state index contributed by atoms with van der Waals surface area (Å²) in [5.74, 6) is 0. The Kier molecular flexibility index (Phi) is 2.64. The van der Waals surface area contributed by atoms with Crippen LogP contribution in [0.25, 0.3) is 16.8 Å². The number of rotatable bonds is 1. The fourth-order valence-electron chi connectivity index (χ4n) is 3.41. The van der Waals surface area contributed by atoms with E-state index in [4.69, 9.17) is 5.73 Å². The maximum Gasteiger partial charge on any atom is 0.137 e. The van der Waals surface area contributed by atoms with E-state index in [1.807, 2.05) is 35.0 Å². The van der Waals surface area contributed by atoms with Gasteiger partial charge in [0.2, 0.25) is 0 Å². The first kappa shape index (κ1) is 13.1. The van der Waals surface area contributed by atoms with E-state index in [1.165, 1.54) is 0 Å². The summed E-state index contributed by atoms with van der Waals surface area (Å²) in [7, 11) is 0. The second-order valence-electron chi connectivity index (χ2n) is 5.96. The zero-order valence-electron chi connectivity index (χ0n) is 12.8. The Balaban J connectivity index is 1.83. The molecule has 0 saturated heterocycles. The molecule has 2 aromatic heterocycles. The molecule has 0 radical (unpaired) electrons. The molecule has 0 saturated carbocycles. The molecule has 5 nitrogen and oxygen atoms in total. The number of nitrogens with two attached hydrogens (primary N) is 1. The van der Waals surface area contributed by atoms with Crippen molar-refractivity contribution in [1.29, 1.82) is 0 Å². The van der Waals surface area contributed by atoms with E-state index in [1.54, 1.807) is 6.33 Å². The summed E-state index contributed by atoms with van der Waals surface area (Å²) < 4.78 is 1.89. The number of para-hydroxylation sites is 1. The van der Waals surface area contributed by atoms with Gasteiger partial charge in [-0.05, 0) is 29.8 Å². The lowest BCUT2D eigenvalue weighted by molar-refractivity contribution is 0.899. The van der Waals surface area contributed by atoms with Crippen LogP contribution in [-0.4, -0.2) is 14.6 Å². The molecule has 4 aromatic rings. The SMILES string of the molecule is Nc1ccc(C2Nc3ccccc3-c3ncnn4ccc2c34)cc1. The van der Waals surface area contributed by atoms with Gasteiger partial charge >= 0.3 is 0 Å². The average molecular weight is 313 g/mol. The maximum atomic E-state index is 5.85. The zero-order valence-corrected chi connectivity index (χ0v) is 12.8. The monoisotopic (exact) mass is 313 g/mol. The van der Waals surface area contributed by atoms with Crippen molar-refractivity contribution in [1.82, 2.24) is 14.6 Å². The minimum absolute atomic E-state index is 0.0176. The summed E-state index contributed by atoms with van der Waals surface area (Å²) >= 11 is 0. The van der Waals surface area contributed by atoms with Crippen LogP contribution in [0.15, 0.2) is 67.1 Å². The number of anilines is 2. The lowest BCUT2D eigenvalue weighted by atomic mass is 9.99. The Bertz CT molecular complexity index is 1050. The standard InChI is InChI=1S/C19H15N5/c20-13-7-5-12(6-8-13)17-15-9-10-24-19(15)18(21-11-22-24)14-3-1-2-4-16(14)23-17/h1-11,17,23H,20H2. The van der Waals surface area contributed by atoms with Crippen LogP contribution in [0.1, 0.15) is 17.2 Å². The number of benzene rings is 2. The van der Waals surface area contributed by atoms with E-state index in [9.17, 15) is 0 Å². The van der Waals surface area contributed by atoms with Gasteiger partial charge in [0, 0.05) is 28.7 Å². The Morgan fingerprint density at radius 1 is 1.00 bits per heavy atom. The Morgan fingerprint density at radius 2 is 1.83 bits per heavy atom. The smallest absolute Gasteiger partial charge is 0.137 e. The fraction of sp³-hybridized carbons (Fsp3) is 0.0526. The van der Waals surface area contributed by atoms with Crippen molar-refractivity contribution in [2.45, 2.75) is 6.04 Å². The van der Waals surface area contributed by atoms with Crippen LogP contribution in [0.5, 0.6) is 0 Å². The number of nitrogens with one attached hydrogen (secondary N) is 1. The van der Waals surface area contributed by atoms with Crippen LogP contribution >= 0.6 is 0 Å². The lowest BCUT2D eigenvalue weighted by Crippen LogP contribution is -2.11. The van der Waals surface area contributed by atoms with E-state index < -0.39 is 0 Å². The largest absolute Gasteiger partial charge is 0.399 e. The maximum absolute atomic E-state index is 5.85. The highest BCUT2D eigenvalue weighted by atomic mass is 15.2. The number of aromatic nitrogens is 3. The number of hydrogen-bond donors (Lipinski definition) is 2. The molecule has 1 aliphatic heterocycles. The van der Waals surface area contributed by atoms with E-state index in [0.29, 0.717) is 0 Å². The van der Waals surface area contributed by atoms with Gasteiger partial charge in [0.15, 0.2) is 0 Å². The molecule has 3 N–H and O–H groups in total. The van der Waals surface area contributed by atoms with Crippen molar-refractivity contribution < 1.29 is 0 Å². The molecule has 5 rings (SSSR count). The normalized spacial score (nSPS) is 15.6. The van der Waals surface area contributed by atoms with Crippen molar-refractivity contribution in [3.8, 4) is 11.3 Å². The summed E-state index contributed by atoms with van der Waals surface area (Å²) in [6, 6.07) is 18.4. The molecule has 0 spiro atoms. The minimum Gasteiger partial charge on any atom is -0.399 e. The first-order chi connectivity index (χ1) is 11.8. The number of fused-ring (bicyclic) bond motifs is 2. The van der Waals surface area contributed by atoms with E-state index in [0.717, 1.165) is 39.3 Å². The van der Waals surface area contributed by atoms with Gasteiger partial charge in [0.25, 0.3) is 0 Å². The molecule has 1 atom stereocenters. The summed E-state index contributed by atoms with van der Waals surface area (Å²) in [5, 5.41) is 8.03. The van der Waals surface area contributed by atoms with Gasteiger partial charge in [0.1, 0.15) is 12.0 Å². The van der Waals surface area contributed by atoms with Crippen LogP contribution in [-0.2, 0) is 0 Å². The third-order valence-corrected chi connectivity index (χ3v) is 4.55. The third kappa shape index (κ3) is 1.81. The van der Waals surface area contributed by atoms with Crippen molar-refractivity contribution in [2.75, 3.05) is 11.1 Å². The highest BCUT2D eigenvalue weighted by Gasteiger charge is 2.26. The molecule has 1 aliphatic rings. The average Bonchev–Trinajstić information content (AvgIpc) is 2.98. The fourth-order valence-corrected chi connectivity index (χ4v) is 3.41. The molecule has 0 aliphatic carbocycles. The molecule has 24 heavy (non-hydrogen) atoms. The van der Waals surface area contributed by atoms with Crippen LogP contribution in [0.3, 0.4) is 0 Å². The molecule has 3 heterocycles. The van der Waals surface area contributed by atoms with Gasteiger partial charge in [-0.1, -0.05) is 30.3 Å². The Labute approximate surface area is 138 Å². The molecular weight excluding hydrogens is 298 g/mol. The Morgan fingerprint density at radius 3 is 2.71 bits per heavy atom.